The summed E-state index contributed by atoms with van der Waals surface area (Å²) in [5, 5.41) is 0. The van der Waals surface area contributed by atoms with Crippen molar-refractivity contribution in [2.24, 2.45) is 4.40 Å². The van der Waals surface area contributed by atoms with E-state index in [9.17, 15) is 17.6 Å². The molecule has 0 spiro atoms. The minimum absolute atomic E-state index is 0.0383. The maximum atomic E-state index is 13.2. The maximum absolute atomic E-state index is 13.2. The smallest absolute Gasteiger partial charge is 0.332 e. The number of likely N-dealkylation sites (N-methyl/N-ethyl adjacent to an activating group) is 1. The fourth-order valence-corrected chi connectivity index (χ4v) is 4.37. The Morgan fingerprint density at radius 2 is 1.73 bits per heavy atom. The van der Waals surface area contributed by atoms with Gasteiger partial charge < -0.3 is 4.90 Å². The molecule has 3 rings (SSSR count). The summed E-state index contributed by atoms with van der Waals surface area (Å²) in [4.78, 5) is 14.9. The normalized spacial score (nSPS) is 25.5. The molecule has 0 N–H and O–H groups in total. The molecule has 2 heterocycles. The van der Waals surface area contributed by atoms with E-state index in [0.717, 1.165) is 23.6 Å². The fourth-order valence-electron chi connectivity index (χ4n) is 3.46. The molecule has 0 bridgehead atoms. The van der Waals surface area contributed by atoms with E-state index in [1.165, 1.54) is 37.4 Å². The number of nitrogens with zero attached hydrogens (tertiary/aromatic N) is 3. The predicted octanol–water partition coefficient (Wildman–Crippen LogP) is 2.48. The molecular weight excluding hydrogens is 357 g/mol. The molecule has 1 amide bonds. The van der Waals surface area contributed by atoms with Crippen LogP contribution in [0.4, 0.5) is 4.39 Å². The number of hydrogen-bond acceptors (Lipinski definition) is 3. The lowest BCUT2D eigenvalue weighted by atomic mass is 9.97. The Labute approximate surface area is 153 Å². The van der Waals surface area contributed by atoms with Gasteiger partial charge in [-0.05, 0) is 63.5 Å². The van der Waals surface area contributed by atoms with Gasteiger partial charge in [-0.1, -0.05) is 0 Å². The molecule has 1 aromatic carbocycles. The number of hydrogen-bond donors (Lipinski definition) is 0. The number of rotatable bonds is 2. The van der Waals surface area contributed by atoms with Crippen LogP contribution in [-0.2, 0) is 15.0 Å². The quantitative estimate of drug-likeness (QED) is 0.793. The zero-order valence-corrected chi connectivity index (χ0v) is 15.8. The molecule has 140 valence electrons. The Hall–Kier alpha value is -2.22. The SMILES string of the molecule is C[C@@H]1CCC[C@H](C)N1C(=O)C1=CC(c2ccc(F)cc2)=NS(=O)(=O)N1C. The Bertz CT molecular complexity index is 867. The second-order valence-electron chi connectivity index (χ2n) is 6.80. The molecule has 2 atom stereocenters. The van der Waals surface area contributed by atoms with Crippen LogP contribution in [0, 0.1) is 5.82 Å². The zero-order valence-electron chi connectivity index (χ0n) is 15.0. The van der Waals surface area contributed by atoms with Crippen LogP contribution in [0.3, 0.4) is 0 Å². The van der Waals surface area contributed by atoms with Gasteiger partial charge in [0, 0.05) is 24.7 Å². The number of carbonyl (C=O) groups excluding carboxylic acids is 1. The summed E-state index contributed by atoms with van der Waals surface area (Å²) < 4.78 is 42.7. The third-order valence-corrected chi connectivity index (χ3v) is 6.28. The molecule has 0 radical (unpaired) electrons. The summed E-state index contributed by atoms with van der Waals surface area (Å²) in [6, 6.07) is 5.42. The Balaban J connectivity index is 2.03. The highest BCUT2D eigenvalue weighted by molar-refractivity contribution is 7.88. The highest BCUT2D eigenvalue weighted by Crippen LogP contribution is 2.28. The highest BCUT2D eigenvalue weighted by Gasteiger charge is 2.36. The molecule has 2 aliphatic rings. The minimum Gasteiger partial charge on any atom is -0.332 e. The van der Waals surface area contributed by atoms with Crippen LogP contribution in [0.2, 0.25) is 0 Å². The van der Waals surface area contributed by atoms with Crippen molar-refractivity contribution in [2.75, 3.05) is 7.05 Å². The molecule has 26 heavy (non-hydrogen) atoms. The van der Waals surface area contributed by atoms with Gasteiger partial charge in [0.05, 0.1) is 5.71 Å². The van der Waals surface area contributed by atoms with E-state index in [2.05, 4.69) is 4.40 Å². The topological polar surface area (TPSA) is 70.0 Å². The molecule has 8 heteroatoms. The van der Waals surface area contributed by atoms with Gasteiger partial charge in [0.1, 0.15) is 11.5 Å². The molecule has 1 fully saturated rings. The third kappa shape index (κ3) is 3.38. The minimum atomic E-state index is -4.02. The van der Waals surface area contributed by atoms with E-state index in [-0.39, 0.29) is 29.4 Å². The molecule has 1 aromatic rings. The summed E-state index contributed by atoms with van der Waals surface area (Å²) in [6.45, 7) is 3.95. The van der Waals surface area contributed by atoms with E-state index < -0.39 is 16.0 Å². The second-order valence-corrected chi connectivity index (χ2v) is 8.43. The first-order chi connectivity index (χ1) is 12.2. The average molecular weight is 379 g/mol. The lowest BCUT2D eigenvalue weighted by molar-refractivity contribution is -0.134. The zero-order chi connectivity index (χ0) is 19.1. The number of likely N-dealkylation sites (tertiary alicyclic amines) is 1. The first-order valence-electron chi connectivity index (χ1n) is 8.60. The van der Waals surface area contributed by atoms with Crippen molar-refractivity contribution in [3.8, 4) is 0 Å². The molecule has 1 saturated heterocycles. The monoisotopic (exact) mass is 379 g/mol. The molecule has 6 nitrogen and oxygen atoms in total. The number of allylic oxidation sites excluding steroid dienone is 1. The van der Waals surface area contributed by atoms with E-state index in [0.29, 0.717) is 5.56 Å². The van der Waals surface area contributed by atoms with Gasteiger partial charge in [0.15, 0.2) is 0 Å². The largest absolute Gasteiger partial charge is 0.345 e. The van der Waals surface area contributed by atoms with E-state index in [1.54, 1.807) is 4.90 Å². The van der Waals surface area contributed by atoms with Crippen molar-refractivity contribution in [1.82, 2.24) is 9.21 Å². The van der Waals surface area contributed by atoms with Crippen LogP contribution < -0.4 is 0 Å². The van der Waals surface area contributed by atoms with Crippen LogP contribution >= 0.6 is 0 Å². The van der Waals surface area contributed by atoms with Gasteiger partial charge >= 0.3 is 10.2 Å². The van der Waals surface area contributed by atoms with Crippen molar-refractivity contribution < 1.29 is 17.6 Å². The van der Waals surface area contributed by atoms with E-state index in [1.807, 2.05) is 13.8 Å². The summed E-state index contributed by atoms with van der Waals surface area (Å²) in [6.07, 6.45) is 4.28. The van der Waals surface area contributed by atoms with Crippen molar-refractivity contribution in [3.63, 3.8) is 0 Å². The first-order valence-corrected chi connectivity index (χ1v) is 9.99. The van der Waals surface area contributed by atoms with Crippen LogP contribution in [0.15, 0.2) is 40.4 Å². The molecule has 2 aliphatic heterocycles. The molecule has 0 aromatic heterocycles. The lowest BCUT2D eigenvalue weighted by Gasteiger charge is -2.40. The molecule has 0 saturated carbocycles. The standard InChI is InChI=1S/C18H22FN3O3S/c1-12-5-4-6-13(2)22(12)18(23)17-11-16(20-26(24,25)21(17)3)14-7-9-15(19)10-8-14/h7-13H,4-6H2,1-3H3/t12-,13+. The van der Waals surface area contributed by atoms with Gasteiger partial charge in [-0.3, -0.25) is 4.79 Å². The van der Waals surface area contributed by atoms with E-state index >= 15 is 0 Å². The first kappa shape index (κ1) is 18.6. The van der Waals surface area contributed by atoms with Crippen molar-refractivity contribution in [1.29, 1.82) is 0 Å². The van der Waals surface area contributed by atoms with Gasteiger partial charge in [0.2, 0.25) is 0 Å². The van der Waals surface area contributed by atoms with Crippen LogP contribution in [0.1, 0.15) is 38.7 Å². The van der Waals surface area contributed by atoms with Gasteiger partial charge in [-0.2, -0.15) is 8.42 Å². The van der Waals surface area contributed by atoms with Gasteiger partial charge in [-0.25, -0.2) is 8.70 Å². The molecular formula is C18H22FN3O3S. The Morgan fingerprint density at radius 1 is 1.15 bits per heavy atom. The second kappa shape index (κ2) is 6.83. The van der Waals surface area contributed by atoms with Crippen molar-refractivity contribution in [2.45, 2.75) is 45.2 Å². The number of halogens is 1. The van der Waals surface area contributed by atoms with Crippen LogP contribution in [0.5, 0.6) is 0 Å². The van der Waals surface area contributed by atoms with Gasteiger partial charge in [-0.15, -0.1) is 4.40 Å². The molecule has 0 aliphatic carbocycles. The Morgan fingerprint density at radius 3 is 2.31 bits per heavy atom. The summed E-state index contributed by atoms with van der Waals surface area (Å²) in [7, 11) is -2.70. The maximum Gasteiger partial charge on any atom is 0.345 e. The average Bonchev–Trinajstić information content (AvgIpc) is 2.57. The summed E-state index contributed by atoms with van der Waals surface area (Å²) >= 11 is 0. The van der Waals surface area contributed by atoms with Crippen molar-refractivity contribution in [3.05, 3.63) is 47.4 Å². The number of amides is 1. The van der Waals surface area contributed by atoms with E-state index in [4.69, 9.17) is 0 Å². The van der Waals surface area contributed by atoms with Crippen molar-refractivity contribution >= 4 is 21.8 Å². The number of piperidine rings is 1. The van der Waals surface area contributed by atoms with Gasteiger partial charge in [0.25, 0.3) is 5.91 Å². The Kier molecular flexibility index (Phi) is 4.88. The lowest BCUT2D eigenvalue weighted by Crippen LogP contribution is -2.50. The fraction of sp³-hybridized carbons (Fsp3) is 0.444. The summed E-state index contributed by atoms with van der Waals surface area (Å²) in [5.41, 5.74) is 0.622. The summed E-state index contributed by atoms with van der Waals surface area (Å²) in [5.74, 6) is -0.758. The molecule has 0 unspecified atom stereocenters. The predicted molar refractivity (Wildman–Crippen MR) is 97.3 cm³/mol. The third-order valence-electron chi connectivity index (χ3n) is 4.96. The number of benzene rings is 1. The highest BCUT2D eigenvalue weighted by atomic mass is 32.2. The number of carbonyl (C=O) groups is 1. The van der Waals surface area contributed by atoms with Crippen LogP contribution in [0.25, 0.3) is 0 Å². The van der Waals surface area contributed by atoms with Crippen LogP contribution in [-0.4, -0.2) is 48.4 Å².